The fraction of sp³-hybridized carbons (Fsp3) is 0.235. The lowest BCUT2D eigenvalue weighted by molar-refractivity contribution is -0.115. The maximum absolute atomic E-state index is 12.3. The van der Waals surface area contributed by atoms with Crippen LogP contribution in [0.4, 0.5) is 11.4 Å². The Kier molecular flexibility index (Phi) is 4.91. The van der Waals surface area contributed by atoms with E-state index in [4.69, 9.17) is 5.73 Å². The van der Waals surface area contributed by atoms with E-state index in [0.29, 0.717) is 5.69 Å². The molecule has 2 aromatic carbocycles. The van der Waals surface area contributed by atoms with Gasteiger partial charge < -0.3 is 11.1 Å². The van der Waals surface area contributed by atoms with Gasteiger partial charge in [-0.1, -0.05) is 18.2 Å². The zero-order valence-electron chi connectivity index (χ0n) is 12.5. The molecule has 21 heavy (non-hydrogen) atoms. The Bertz CT molecular complexity index is 655. The quantitative estimate of drug-likeness (QED) is 0.662. The lowest BCUT2D eigenvalue weighted by Gasteiger charge is -2.14. The average molecular weight is 300 g/mol. The van der Waals surface area contributed by atoms with Crippen molar-refractivity contribution in [1.29, 1.82) is 0 Å². The average Bonchev–Trinajstić information content (AvgIpc) is 2.44. The molecule has 3 nitrogen and oxygen atoms in total. The lowest BCUT2D eigenvalue weighted by atomic mass is 10.1. The van der Waals surface area contributed by atoms with Crippen LogP contribution in [0.25, 0.3) is 0 Å². The molecule has 0 aliphatic heterocycles. The molecule has 0 aliphatic rings. The van der Waals surface area contributed by atoms with Gasteiger partial charge in [0.1, 0.15) is 0 Å². The number of anilines is 2. The number of hydrogen-bond donors (Lipinski definition) is 2. The van der Waals surface area contributed by atoms with Crippen molar-refractivity contribution < 1.29 is 4.79 Å². The van der Waals surface area contributed by atoms with Crippen molar-refractivity contribution in [2.45, 2.75) is 30.9 Å². The summed E-state index contributed by atoms with van der Waals surface area (Å²) in [4.78, 5) is 13.3. The molecule has 0 aromatic heterocycles. The van der Waals surface area contributed by atoms with Crippen LogP contribution in [0.2, 0.25) is 0 Å². The first-order valence-electron chi connectivity index (χ1n) is 6.86. The molecule has 1 unspecified atom stereocenters. The normalized spacial score (nSPS) is 12.0. The number of rotatable bonds is 4. The molecule has 0 fully saturated rings. The third-order valence-electron chi connectivity index (χ3n) is 3.40. The standard InChI is InChI=1S/C17H20N2OS/c1-11-6-4-9-16(12(11)2)19-17(20)13(3)21-15-8-5-7-14(18)10-15/h4-10,13H,18H2,1-3H3,(H,19,20). The van der Waals surface area contributed by atoms with Crippen LogP contribution in [0.15, 0.2) is 47.4 Å². The smallest absolute Gasteiger partial charge is 0.237 e. The number of thioether (sulfide) groups is 1. The maximum Gasteiger partial charge on any atom is 0.237 e. The lowest BCUT2D eigenvalue weighted by Crippen LogP contribution is -2.22. The van der Waals surface area contributed by atoms with Gasteiger partial charge in [-0.15, -0.1) is 11.8 Å². The molecule has 0 saturated heterocycles. The van der Waals surface area contributed by atoms with E-state index in [1.54, 1.807) is 0 Å². The Hall–Kier alpha value is -1.94. The number of carbonyl (C=O) groups is 1. The molecule has 4 heteroatoms. The molecule has 0 bridgehead atoms. The van der Waals surface area contributed by atoms with Crippen molar-refractivity contribution >= 4 is 29.0 Å². The highest BCUT2D eigenvalue weighted by molar-refractivity contribution is 8.00. The minimum atomic E-state index is -0.188. The highest BCUT2D eigenvalue weighted by atomic mass is 32.2. The van der Waals surface area contributed by atoms with Gasteiger partial charge in [0.2, 0.25) is 5.91 Å². The van der Waals surface area contributed by atoms with E-state index in [2.05, 4.69) is 5.32 Å². The van der Waals surface area contributed by atoms with Crippen molar-refractivity contribution in [2.75, 3.05) is 11.1 Å². The molecule has 0 radical (unpaired) electrons. The van der Waals surface area contributed by atoms with Gasteiger partial charge in [-0.3, -0.25) is 4.79 Å². The molecule has 0 saturated carbocycles. The number of nitrogens with one attached hydrogen (secondary N) is 1. The number of aryl methyl sites for hydroxylation is 1. The van der Waals surface area contributed by atoms with Gasteiger partial charge in [0.15, 0.2) is 0 Å². The second-order valence-corrected chi connectivity index (χ2v) is 6.48. The van der Waals surface area contributed by atoms with E-state index in [0.717, 1.165) is 16.1 Å². The predicted octanol–water partition coefficient (Wildman–Crippen LogP) is 4.00. The molecular weight excluding hydrogens is 280 g/mol. The molecule has 2 aromatic rings. The maximum atomic E-state index is 12.3. The summed E-state index contributed by atoms with van der Waals surface area (Å²) in [7, 11) is 0. The first-order chi connectivity index (χ1) is 9.97. The van der Waals surface area contributed by atoms with Crippen molar-refractivity contribution in [3.8, 4) is 0 Å². The summed E-state index contributed by atoms with van der Waals surface area (Å²) in [5.74, 6) is -0.00359. The fourth-order valence-corrected chi connectivity index (χ4v) is 2.90. The first kappa shape index (κ1) is 15.4. The summed E-state index contributed by atoms with van der Waals surface area (Å²) < 4.78 is 0. The van der Waals surface area contributed by atoms with Crippen molar-refractivity contribution in [1.82, 2.24) is 0 Å². The fourth-order valence-electron chi connectivity index (χ4n) is 1.97. The summed E-state index contributed by atoms with van der Waals surface area (Å²) in [6.07, 6.45) is 0. The monoisotopic (exact) mass is 300 g/mol. The summed E-state index contributed by atoms with van der Waals surface area (Å²) in [6.45, 7) is 5.95. The molecule has 1 amide bonds. The van der Waals surface area contributed by atoms with E-state index < -0.39 is 0 Å². The molecular formula is C17H20N2OS. The van der Waals surface area contributed by atoms with Crippen molar-refractivity contribution in [3.63, 3.8) is 0 Å². The second kappa shape index (κ2) is 6.68. The van der Waals surface area contributed by atoms with E-state index in [1.165, 1.54) is 17.3 Å². The topological polar surface area (TPSA) is 55.1 Å². The van der Waals surface area contributed by atoms with Gasteiger partial charge in [-0.05, 0) is 56.2 Å². The van der Waals surface area contributed by atoms with Crippen LogP contribution in [-0.2, 0) is 4.79 Å². The molecule has 110 valence electrons. The number of benzene rings is 2. The van der Waals surface area contributed by atoms with Crippen molar-refractivity contribution in [2.24, 2.45) is 0 Å². The van der Waals surface area contributed by atoms with Gasteiger partial charge in [0.05, 0.1) is 5.25 Å². The third-order valence-corrected chi connectivity index (χ3v) is 4.50. The summed E-state index contributed by atoms with van der Waals surface area (Å²) in [5, 5.41) is 2.81. The third kappa shape index (κ3) is 4.02. The van der Waals surface area contributed by atoms with Crippen LogP contribution in [0.3, 0.4) is 0 Å². The first-order valence-corrected chi connectivity index (χ1v) is 7.74. The Labute approximate surface area is 129 Å². The summed E-state index contributed by atoms with van der Waals surface area (Å²) >= 11 is 1.50. The predicted molar refractivity (Wildman–Crippen MR) is 90.7 cm³/mol. The molecule has 3 N–H and O–H groups in total. The molecule has 0 spiro atoms. The Morgan fingerprint density at radius 3 is 2.62 bits per heavy atom. The summed E-state index contributed by atoms with van der Waals surface area (Å²) in [6, 6.07) is 13.5. The molecule has 1 atom stereocenters. The minimum Gasteiger partial charge on any atom is -0.399 e. The van der Waals surface area contributed by atoms with Gasteiger partial charge in [-0.25, -0.2) is 0 Å². The van der Waals surface area contributed by atoms with E-state index in [1.807, 2.05) is 63.2 Å². The minimum absolute atomic E-state index is 0.00359. The summed E-state index contributed by atoms with van der Waals surface area (Å²) in [5.41, 5.74) is 9.62. The SMILES string of the molecule is Cc1cccc(NC(=O)C(C)Sc2cccc(N)c2)c1C. The Morgan fingerprint density at radius 2 is 1.90 bits per heavy atom. The second-order valence-electron chi connectivity index (χ2n) is 5.07. The van der Waals surface area contributed by atoms with Crippen LogP contribution < -0.4 is 11.1 Å². The number of hydrogen-bond acceptors (Lipinski definition) is 3. The van der Waals surface area contributed by atoms with Crippen LogP contribution in [-0.4, -0.2) is 11.2 Å². The van der Waals surface area contributed by atoms with Gasteiger partial charge >= 0.3 is 0 Å². The van der Waals surface area contributed by atoms with E-state index >= 15 is 0 Å². The molecule has 0 aliphatic carbocycles. The Morgan fingerprint density at radius 1 is 1.19 bits per heavy atom. The van der Waals surface area contributed by atoms with Gasteiger partial charge in [-0.2, -0.15) is 0 Å². The van der Waals surface area contributed by atoms with E-state index in [9.17, 15) is 4.79 Å². The zero-order valence-corrected chi connectivity index (χ0v) is 13.3. The molecule has 0 heterocycles. The number of amides is 1. The van der Waals surface area contributed by atoms with Gasteiger partial charge in [0, 0.05) is 16.3 Å². The van der Waals surface area contributed by atoms with Crippen molar-refractivity contribution in [3.05, 3.63) is 53.6 Å². The molecule has 2 rings (SSSR count). The highest BCUT2D eigenvalue weighted by Crippen LogP contribution is 2.26. The Balaban J connectivity index is 2.04. The number of carbonyl (C=O) groups excluding carboxylic acids is 1. The highest BCUT2D eigenvalue weighted by Gasteiger charge is 2.15. The van der Waals surface area contributed by atoms with E-state index in [-0.39, 0.29) is 11.2 Å². The van der Waals surface area contributed by atoms with Crippen LogP contribution in [0.5, 0.6) is 0 Å². The van der Waals surface area contributed by atoms with Gasteiger partial charge in [0.25, 0.3) is 0 Å². The zero-order chi connectivity index (χ0) is 15.4. The number of nitrogen functional groups attached to an aromatic ring is 1. The number of nitrogens with two attached hydrogens (primary N) is 1. The van der Waals surface area contributed by atoms with Crippen LogP contribution >= 0.6 is 11.8 Å². The largest absolute Gasteiger partial charge is 0.399 e. The van der Waals surface area contributed by atoms with Crippen LogP contribution in [0, 0.1) is 13.8 Å². The van der Waals surface area contributed by atoms with Crippen LogP contribution in [0.1, 0.15) is 18.1 Å².